The van der Waals surface area contributed by atoms with Gasteiger partial charge in [-0.1, -0.05) is 12.1 Å². The Morgan fingerprint density at radius 3 is 2.93 bits per heavy atom. The van der Waals surface area contributed by atoms with Crippen LogP contribution in [0.2, 0.25) is 0 Å². The van der Waals surface area contributed by atoms with Crippen LogP contribution in [-0.2, 0) is 22.7 Å². The lowest BCUT2D eigenvalue weighted by atomic mass is 9.92. The maximum Gasteiger partial charge on any atom is 0.255 e. The van der Waals surface area contributed by atoms with Gasteiger partial charge in [-0.05, 0) is 55.8 Å². The smallest absolute Gasteiger partial charge is 0.255 e. The van der Waals surface area contributed by atoms with Gasteiger partial charge in [0.15, 0.2) is 0 Å². The molecule has 5 rings (SSSR count). The number of nitrogens with zero attached hydrogens (tertiary/aromatic N) is 1. The van der Waals surface area contributed by atoms with Crippen LogP contribution in [0.25, 0.3) is 0 Å². The van der Waals surface area contributed by atoms with E-state index in [4.69, 9.17) is 0 Å². The molecule has 4 aliphatic rings. The Labute approximate surface area is 164 Å². The number of hydrogen-bond acceptors (Lipinski definition) is 5. The van der Waals surface area contributed by atoms with Gasteiger partial charge < -0.3 is 15.5 Å². The van der Waals surface area contributed by atoms with Gasteiger partial charge >= 0.3 is 0 Å². The van der Waals surface area contributed by atoms with Gasteiger partial charge in [-0.3, -0.25) is 19.7 Å². The van der Waals surface area contributed by atoms with Crippen LogP contribution in [0.4, 0.5) is 0 Å². The largest absolute Gasteiger partial charge is 0.322 e. The maximum absolute atomic E-state index is 12.8. The highest BCUT2D eigenvalue weighted by molar-refractivity contribution is 6.05. The molecule has 0 radical (unpaired) electrons. The van der Waals surface area contributed by atoms with Gasteiger partial charge in [-0.15, -0.1) is 0 Å². The van der Waals surface area contributed by atoms with Crippen molar-refractivity contribution in [2.45, 2.75) is 69.2 Å². The summed E-state index contributed by atoms with van der Waals surface area (Å²) in [4.78, 5) is 38.0. The summed E-state index contributed by atoms with van der Waals surface area (Å²) in [7, 11) is 0. The zero-order chi connectivity index (χ0) is 19.3. The van der Waals surface area contributed by atoms with Gasteiger partial charge in [-0.25, -0.2) is 0 Å². The second-order valence-electron chi connectivity index (χ2n) is 8.55. The fraction of sp³-hybridized carbons (Fsp3) is 0.571. The minimum absolute atomic E-state index is 0.113. The van der Waals surface area contributed by atoms with Crippen LogP contribution in [0.5, 0.6) is 0 Å². The molecule has 1 aliphatic carbocycles. The van der Waals surface area contributed by atoms with E-state index < -0.39 is 6.04 Å². The number of benzene rings is 1. The van der Waals surface area contributed by atoms with Crippen LogP contribution in [0, 0.1) is 0 Å². The molecule has 7 nitrogen and oxygen atoms in total. The third-order valence-corrected chi connectivity index (χ3v) is 6.98. The number of amides is 3. The monoisotopic (exact) mass is 382 g/mol. The third kappa shape index (κ3) is 2.84. The third-order valence-electron chi connectivity index (χ3n) is 6.98. The number of hydrogen-bond donors (Lipinski definition) is 3. The summed E-state index contributed by atoms with van der Waals surface area (Å²) >= 11 is 0. The number of rotatable bonds is 4. The Balaban J connectivity index is 1.29. The van der Waals surface area contributed by atoms with Crippen LogP contribution < -0.4 is 16.0 Å². The molecule has 0 aromatic heterocycles. The van der Waals surface area contributed by atoms with Gasteiger partial charge in [0.25, 0.3) is 5.91 Å². The highest BCUT2D eigenvalue weighted by Gasteiger charge is 2.45. The molecular weight excluding hydrogens is 356 g/mol. The number of piperidine rings is 1. The summed E-state index contributed by atoms with van der Waals surface area (Å²) in [6.07, 6.45) is 5.58. The lowest BCUT2D eigenvalue weighted by Crippen LogP contribution is -2.52. The molecule has 2 saturated heterocycles. The van der Waals surface area contributed by atoms with Crippen molar-refractivity contribution < 1.29 is 14.4 Å². The Kier molecular flexibility index (Phi) is 4.25. The van der Waals surface area contributed by atoms with E-state index in [1.807, 2.05) is 12.1 Å². The van der Waals surface area contributed by atoms with Crippen LogP contribution in [0.1, 0.15) is 60.0 Å². The normalized spacial score (nSPS) is 31.9. The first-order chi connectivity index (χ1) is 13.6. The van der Waals surface area contributed by atoms with Crippen molar-refractivity contribution >= 4 is 17.7 Å². The Morgan fingerprint density at radius 1 is 1.18 bits per heavy atom. The molecule has 0 spiro atoms. The average molecular weight is 382 g/mol. The van der Waals surface area contributed by atoms with E-state index in [1.54, 1.807) is 4.90 Å². The van der Waals surface area contributed by atoms with E-state index in [1.165, 1.54) is 31.2 Å². The number of nitrogens with one attached hydrogen (secondary N) is 3. The van der Waals surface area contributed by atoms with E-state index in [-0.39, 0.29) is 29.7 Å². The second kappa shape index (κ2) is 6.67. The van der Waals surface area contributed by atoms with Gasteiger partial charge in [0, 0.05) is 36.7 Å². The van der Waals surface area contributed by atoms with Crippen molar-refractivity contribution in [1.29, 1.82) is 0 Å². The van der Waals surface area contributed by atoms with Crippen LogP contribution in [0.3, 0.4) is 0 Å². The molecule has 3 atom stereocenters. The maximum atomic E-state index is 12.8. The van der Waals surface area contributed by atoms with Crippen molar-refractivity contribution in [3.8, 4) is 0 Å². The minimum Gasteiger partial charge on any atom is -0.322 e. The average Bonchev–Trinajstić information content (AvgIpc) is 3.33. The molecule has 28 heavy (non-hydrogen) atoms. The molecule has 1 aromatic carbocycles. The Hall–Kier alpha value is -2.25. The van der Waals surface area contributed by atoms with Crippen molar-refractivity contribution in [2.24, 2.45) is 0 Å². The first-order valence-electron chi connectivity index (χ1n) is 10.3. The molecule has 7 heteroatoms. The highest BCUT2D eigenvalue weighted by atomic mass is 16.2. The lowest BCUT2D eigenvalue weighted by Gasteiger charge is -2.30. The van der Waals surface area contributed by atoms with E-state index in [0.717, 1.165) is 18.7 Å². The molecule has 3 N–H and O–H groups in total. The van der Waals surface area contributed by atoms with Crippen molar-refractivity contribution in [2.75, 3.05) is 6.54 Å². The summed E-state index contributed by atoms with van der Waals surface area (Å²) in [5, 5.41) is 9.77. The molecule has 1 saturated carbocycles. The first-order valence-corrected chi connectivity index (χ1v) is 10.3. The van der Waals surface area contributed by atoms with E-state index in [0.29, 0.717) is 24.6 Å². The molecule has 3 aliphatic heterocycles. The fourth-order valence-electron chi connectivity index (χ4n) is 5.45. The van der Waals surface area contributed by atoms with Gasteiger partial charge in [-0.2, -0.15) is 0 Å². The van der Waals surface area contributed by atoms with Crippen LogP contribution in [-0.4, -0.2) is 46.8 Å². The van der Waals surface area contributed by atoms with Gasteiger partial charge in [0.05, 0.1) is 0 Å². The van der Waals surface area contributed by atoms with Crippen molar-refractivity contribution in [3.05, 3.63) is 34.9 Å². The number of imide groups is 1. The fourth-order valence-corrected chi connectivity index (χ4v) is 5.45. The van der Waals surface area contributed by atoms with Crippen molar-refractivity contribution in [1.82, 2.24) is 20.9 Å². The molecule has 1 unspecified atom stereocenters. The first kappa shape index (κ1) is 17.8. The number of carbonyl (C=O) groups excluding carboxylic acids is 3. The van der Waals surface area contributed by atoms with Gasteiger partial charge in [0.2, 0.25) is 11.8 Å². The van der Waals surface area contributed by atoms with Crippen molar-refractivity contribution in [3.63, 3.8) is 0 Å². The topological polar surface area (TPSA) is 90.5 Å². The van der Waals surface area contributed by atoms with Crippen LogP contribution in [0.15, 0.2) is 18.2 Å². The molecule has 0 bridgehead atoms. The summed E-state index contributed by atoms with van der Waals surface area (Å²) in [6, 6.07) is 6.01. The number of fused-ring (bicyclic) bond motifs is 2. The summed E-state index contributed by atoms with van der Waals surface area (Å²) in [5.74, 6) is -0.734. The molecule has 3 amide bonds. The SMILES string of the molecule is O=C1CCC(N2Cc3cc(CN[C@]45CCC[C@H]4NCC5)ccc3C2=O)C(=O)N1. The minimum atomic E-state index is -0.554. The predicted molar refractivity (Wildman–Crippen MR) is 102 cm³/mol. The predicted octanol–water partition coefficient (Wildman–Crippen LogP) is 0.822. The van der Waals surface area contributed by atoms with Gasteiger partial charge in [0.1, 0.15) is 6.04 Å². The van der Waals surface area contributed by atoms with E-state index in [9.17, 15) is 14.4 Å². The van der Waals surface area contributed by atoms with E-state index >= 15 is 0 Å². The van der Waals surface area contributed by atoms with E-state index in [2.05, 4.69) is 22.0 Å². The Bertz CT molecular complexity index is 842. The van der Waals surface area contributed by atoms with Crippen LogP contribution >= 0.6 is 0 Å². The molecule has 148 valence electrons. The summed E-state index contributed by atoms with van der Waals surface area (Å²) in [5.41, 5.74) is 3.03. The zero-order valence-electron chi connectivity index (χ0n) is 15.9. The molecule has 3 fully saturated rings. The highest BCUT2D eigenvalue weighted by Crippen LogP contribution is 2.37. The lowest BCUT2D eigenvalue weighted by molar-refractivity contribution is -0.136. The molecule has 3 heterocycles. The molecule has 1 aromatic rings. The Morgan fingerprint density at radius 2 is 2.07 bits per heavy atom. The quantitative estimate of drug-likeness (QED) is 0.671. The molecular formula is C21H26N4O3. The summed E-state index contributed by atoms with van der Waals surface area (Å²) in [6.45, 7) is 2.30. The standard InChI is InChI=1S/C21H26N4O3/c26-18-6-5-16(19(27)24-18)25-12-14-10-13(3-4-15(14)20(25)28)11-23-21-7-1-2-17(21)22-9-8-21/h3-4,10,16-17,22-23H,1-2,5-9,11-12H2,(H,24,26,27)/t16?,17-,21+/m1/s1. The second-order valence-corrected chi connectivity index (χ2v) is 8.55. The summed E-state index contributed by atoms with van der Waals surface area (Å²) < 4.78 is 0. The number of carbonyl (C=O) groups is 3. The zero-order valence-corrected chi connectivity index (χ0v) is 15.9.